The summed E-state index contributed by atoms with van der Waals surface area (Å²) in [4.78, 5) is 11.3. The maximum atomic E-state index is 11.3. The number of ether oxygens (including phenoxy) is 1. The Bertz CT molecular complexity index is 497. The summed E-state index contributed by atoms with van der Waals surface area (Å²) in [5.74, 6) is 0.601. The number of carbonyl (C=O) groups excluding carboxylic acids is 1. The fraction of sp³-hybridized carbons (Fsp3) is 0.462. The minimum absolute atomic E-state index is 0.0859. The number of nitrogens with one attached hydrogen (secondary N) is 2. The zero-order chi connectivity index (χ0) is 12.8. The van der Waals surface area contributed by atoms with Crippen LogP contribution in [0.25, 0.3) is 0 Å². The lowest BCUT2D eigenvalue weighted by Gasteiger charge is -2.25. The summed E-state index contributed by atoms with van der Waals surface area (Å²) < 4.78 is 5.34. The van der Waals surface area contributed by atoms with E-state index in [2.05, 4.69) is 10.6 Å². The molecular formula is C13H17N3O2. The van der Waals surface area contributed by atoms with Crippen molar-refractivity contribution in [3.63, 3.8) is 0 Å². The van der Waals surface area contributed by atoms with E-state index in [4.69, 9.17) is 10.5 Å². The van der Waals surface area contributed by atoms with Crippen LogP contribution >= 0.6 is 0 Å². The predicted octanol–water partition coefficient (Wildman–Crippen LogP) is 0.769. The SMILES string of the molecule is CNC(c1ccc2c(c1)NC(=O)CO2)C1(N)CC1. The van der Waals surface area contributed by atoms with E-state index in [0.29, 0.717) is 0 Å². The average Bonchev–Trinajstić information content (AvgIpc) is 3.08. The molecule has 18 heavy (non-hydrogen) atoms. The van der Waals surface area contributed by atoms with Crippen LogP contribution in [0, 0.1) is 0 Å². The second-order valence-corrected chi connectivity index (χ2v) is 5.05. The van der Waals surface area contributed by atoms with Crippen LogP contribution in [0.4, 0.5) is 5.69 Å². The highest BCUT2D eigenvalue weighted by molar-refractivity contribution is 5.95. The zero-order valence-corrected chi connectivity index (χ0v) is 10.3. The second kappa shape index (κ2) is 3.96. The molecule has 1 aromatic rings. The Morgan fingerprint density at radius 3 is 2.94 bits per heavy atom. The topological polar surface area (TPSA) is 76.4 Å². The van der Waals surface area contributed by atoms with Gasteiger partial charge in [0.05, 0.1) is 11.7 Å². The lowest BCUT2D eigenvalue weighted by molar-refractivity contribution is -0.118. The molecular weight excluding hydrogens is 230 g/mol. The molecule has 1 saturated carbocycles. The molecule has 0 aromatic heterocycles. The molecule has 0 saturated heterocycles. The van der Waals surface area contributed by atoms with Gasteiger partial charge >= 0.3 is 0 Å². The number of benzene rings is 1. The Labute approximate surface area is 106 Å². The van der Waals surface area contributed by atoms with Gasteiger partial charge in [-0.1, -0.05) is 6.07 Å². The van der Waals surface area contributed by atoms with Crippen LogP contribution in [-0.2, 0) is 4.79 Å². The Morgan fingerprint density at radius 2 is 2.28 bits per heavy atom. The highest BCUT2D eigenvalue weighted by Gasteiger charge is 2.45. The van der Waals surface area contributed by atoms with Crippen molar-refractivity contribution in [1.29, 1.82) is 0 Å². The molecule has 1 unspecified atom stereocenters. The van der Waals surface area contributed by atoms with Gasteiger partial charge in [0.2, 0.25) is 0 Å². The smallest absolute Gasteiger partial charge is 0.262 e. The molecule has 96 valence electrons. The zero-order valence-electron chi connectivity index (χ0n) is 10.3. The highest BCUT2D eigenvalue weighted by atomic mass is 16.5. The first kappa shape index (κ1) is 11.5. The van der Waals surface area contributed by atoms with E-state index >= 15 is 0 Å². The number of rotatable bonds is 3. The van der Waals surface area contributed by atoms with Crippen molar-refractivity contribution in [1.82, 2.24) is 5.32 Å². The van der Waals surface area contributed by atoms with Gasteiger partial charge in [-0.25, -0.2) is 0 Å². The number of anilines is 1. The summed E-state index contributed by atoms with van der Waals surface area (Å²) in [5.41, 5.74) is 7.92. The first-order valence-corrected chi connectivity index (χ1v) is 6.15. The first-order valence-electron chi connectivity index (χ1n) is 6.15. The van der Waals surface area contributed by atoms with Crippen LogP contribution in [0.5, 0.6) is 5.75 Å². The van der Waals surface area contributed by atoms with Gasteiger partial charge in [-0.2, -0.15) is 0 Å². The Hall–Kier alpha value is -1.59. The van der Waals surface area contributed by atoms with E-state index in [1.807, 2.05) is 25.2 Å². The summed E-state index contributed by atoms with van der Waals surface area (Å²) in [5, 5.41) is 6.08. The number of hydrogen-bond donors (Lipinski definition) is 3. The quantitative estimate of drug-likeness (QED) is 0.737. The van der Waals surface area contributed by atoms with Crippen molar-refractivity contribution in [3.05, 3.63) is 23.8 Å². The maximum absolute atomic E-state index is 11.3. The fourth-order valence-corrected chi connectivity index (χ4v) is 2.50. The van der Waals surface area contributed by atoms with Crippen molar-refractivity contribution >= 4 is 11.6 Å². The van der Waals surface area contributed by atoms with Gasteiger partial charge < -0.3 is 21.1 Å². The largest absolute Gasteiger partial charge is 0.482 e. The molecule has 1 amide bonds. The summed E-state index contributed by atoms with van der Waals surface area (Å²) in [6.07, 6.45) is 2.05. The molecule has 5 nitrogen and oxygen atoms in total. The minimum atomic E-state index is -0.150. The Kier molecular flexibility index (Phi) is 2.53. The number of nitrogens with two attached hydrogens (primary N) is 1. The van der Waals surface area contributed by atoms with Crippen molar-refractivity contribution in [3.8, 4) is 5.75 Å². The van der Waals surface area contributed by atoms with E-state index in [1.165, 1.54) is 0 Å². The fourth-order valence-electron chi connectivity index (χ4n) is 2.50. The second-order valence-electron chi connectivity index (χ2n) is 5.05. The number of amides is 1. The van der Waals surface area contributed by atoms with Crippen molar-refractivity contribution in [2.45, 2.75) is 24.4 Å². The molecule has 1 aromatic carbocycles. The minimum Gasteiger partial charge on any atom is -0.482 e. The standard InChI is InChI=1S/C13H17N3O2/c1-15-12(13(14)4-5-13)8-2-3-10-9(6-8)16-11(17)7-18-10/h2-3,6,12,15H,4-5,7,14H2,1H3,(H,16,17). The van der Waals surface area contributed by atoms with Crippen LogP contribution in [0.15, 0.2) is 18.2 Å². The Morgan fingerprint density at radius 1 is 1.50 bits per heavy atom. The molecule has 1 heterocycles. The van der Waals surface area contributed by atoms with Gasteiger partial charge in [0.25, 0.3) is 5.91 Å². The van der Waals surface area contributed by atoms with Gasteiger partial charge in [-0.15, -0.1) is 0 Å². The summed E-state index contributed by atoms with van der Waals surface area (Å²) in [6.45, 7) is 0.0859. The first-order chi connectivity index (χ1) is 8.62. The molecule has 0 spiro atoms. The third-order valence-corrected chi connectivity index (χ3v) is 3.66. The van der Waals surface area contributed by atoms with Crippen LogP contribution in [0.1, 0.15) is 24.4 Å². The number of carbonyl (C=O) groups is 1. The molecule has 2 aliphatic rings. The molecule has 1 fully saturated rings. The molecule has 1 aliphatic heterocycles. The number of likely N-dealkylation sites (N-methyl/N-ethyl adjacent to an activating group) is 1. The van der Waals surface area contributed by atoms with Gasteiger partial charge in [-0.3, -0.25) is 4.79 Å². The molecule has 3 rings (SSSR count). The van der Waals surface area contributed by atoms with Crippen LogP contribution in [0.3, 0.4) is 0 Å². The summed E-state index contributed by atoms with van der Waals surface area (Å²) in [7, 11) is 1.91. The van der Waals surface area contributed by atoms with Crippen LogP contribution in [0.2, 0.25) is 0 Å². The highest BCUT2D eigenvalue weighted by Crippen LogP contribution is 2.44. The lowest BCUT2D eigenvalue weighted by atomic mass is 9.97. The molecule has 0 bridgehead atoms. The van der Waals surface area contributed by atoms with Gasteiger partial charge in [-0.05, 0) is 37.6 Å². The van der Waals surface area contributed by atoms with E-state index < -0.39 is 0 Å². The Balaban J connectivity index is 1.93. The normalized spacial score (nSPS) is 21.6. The van der Waals surface area contributed by atoms with Gasteiger partial charge in [0, 0.05) is 5.54 Å². The van der Waals surface area contributed by atoms with Crippen molar-refractivity contribution in [2.75, 3.05) is 19.0 Å². The predicted molar refractivity (Wildman–Crippen MR) is 68.5 cm³/mol. The summed E-state index contributed by atoms with van der Waals surface area (Å²) in [6, 6.07) is 5.95. The van der Waals surface area contributed by atoms with E-state index in [0.717, 1.165) is 29.8 Å². The number of fused-ring (bicyclic) bond motifs is 1. The maximum Gasteiger partial charge on any atom is 0.262 e. The monoisotopic (exact) mass is 247 g/mol. The average molecular weight is 247 g/mol. The van der Waals surface area contributed by atoms with E-state index in [-0.39, 0.29) is 24.1 Å². The third-order valence-electron chi connectivity index (χ3n) is 3.66. The third kappa shape index (κ3) is 1.85. The van der Waals surface area contributed by atoms with Crippen LogP contribution in [-0.4, -0.2) is 25.1 Å². The number of hydrogen-bond acceptors (Lipinski definition) is 4. The molecule has 4 N–H and O–H groups in total. The van der Waals surface area contributed by atoms with Crippen molar-refractivity contribution < 1.29 is 9.53 Å². The molecule has 1 atom stereocenters. The van der Waals surface area contributed by atoms with Crippen LogP contribution < -0.4 is 21.1 Å². The molecule has 5 heteroatoms. The van der Waals surface area contributed by atoms with Crippen molar-refractivity contribution in [2.24, 2.45) is 5.73 Å². The lowest BCUT2D eigenvalue weighted by Crippen LogP contribution is -2.38. The van der Waals surface area contributed by atoms with Gasteiger partial charge in [0.15, 0.2) is 6.61 Å². The van der Waals surface area contributed by atoms with E-state index in [1.54, 1.807) is 0 Å². The molecule has 1 aliphatic carbocycles. The summed E-state index contributed by atoms with van der Waals surface area (Å²) >= 11 is 0. The van der Waals surface area contributed by atoms with E-state index in [9.17, 15) is 4.79 Å². The van der Waals surface area contributed by atoms with Gasteiger partial charge in [0.1, 0.15) is 5.75 Å². The molecule has 0 radical (unpaired) electrons.